The molecule has 29 heavy (non-hydrogen) atoms. The minimum atomic E-state index is -0.0748. The van der Waals surface area contributed by atoms with E-state index < -0.39 is 0 Å². The Kier molecular flexibility index (Phi) is 5.14. The van der Waals surface area contributed by atoms with Gasteiger partial charge in [0, 0.05) is 38.5 Å². The van der Waals surface area contributed by atoms with Crippen LogP contribution in [0.4, 0.5) is 0 Å². The van der Waals surface area contributed by atoms with Crippen LogP contribution in [0.1, 0.15) is 45.6 Å². The molecule has 1 saturated heterocycles. The molecule has 0 unspecified atom stereocenters. The number of hydrogen-bond donors (Lipinski definition) is 1. The summed E-state index contributed by atoms with van der Waals surface area (Å²) in [6.07, 6.45) is 1.62. The van der Waals surface area contributed by atoms with Crippen molar-refractivity contribution in [1.29, 1.82) is 0 Å². The molecule has 2 aromatic carbocycles. The first kappa shape index (κ1) is 19.2. The summed E-state index contributed by atoms with van der Waals surface area (Å²) in [6.45, 7) is 6.13. The highest BCUT2D eigenvalue weighted by Gasteiger charge is 2.20. The van der Waals surface area contributed by atoms with Crippen LogP contribution in [0.3, 0.4) is 0 Å². The van der Waals surface area contributed by atoms with Gasteiger partial charge in [-0.1, -0.05) is 36.4 Å². The monoisotopic (exact) mass is 389 g/mol. The molecule has 0 aliphatic carbocycles. The summed E-state index contributed by atoms with van der Waals surface area (Å²) in [7, 11) is 1.94. The third-order valence-corrected chi connectivity index (χ3v) is 5.87. The first-order chi connectivity index (χ1) is 13.9. The molecule has 0 radical (unpaired) electrons. The average Bonchev–Trinajstić information content (AvgIpc) is 3.28. The summed E-state index contributed by atoms with van der Waals surface area (Å²) in [6, 6.07) is 14.3. The van der Waals surface area contributed by atoms with Crippen LogP contribution in [0.5, 0.6) is 0 Å². The maximum absolute atomic E-state index is 12.8. The van der Waals surface area contributed by atoms with Crippen LogP contribution in [0.15, 0.2) is 42.5 Å². The Morgan fingerprint density at radius 2 is 1.72 bits per heavy atom. The van der Waals surface area contributed by atoms with Crippen molar-refractivity contribution >= 4 is 22.7 Å². The molecule has 2 amide bonds. The molecule has 1 fully saturated rings. The average molecular weight is 389 g/mol. The van der Waals surface area contributed by atoms with E-state index in [2.05, 4.69) is 31.3 Å². The van der Waals surface area contributed by atoms with Crippen LogP contribution in [-0.2, 0) is 24.9 Å². The quantitative estimate of drug-likeness (QED) is 0.721. The second-order valence-electron chi connectivity index (χ2n) is 7.97. The number of likely N-dealkylation sites (tertiary alicyclic amines) is 1. The largest absolute Gasteiger partial charge is 0.347 e. The summed E-state index contributed by atoms with van der Waals surface area (Å²) >= 11 is 0. The number of aryl methyl sites for hydroxylation is 3. The van der Waals surface area contributed by atoms with Gasteiger partial charge in [0.2, 0.25) is 5.91 Å². The zero-order valence-corrected chi connectivity index (χ0v) is 17.3. The van der Waals surface area contributed by atoms with Crippen molar-refractivity contribution in [1.82, 2.24) is 14.8 Å². The molecule has 3 aromatic rings. The third-order valence-electron chi connectivity index (χ3n) is 5.87. The van der Waals surface area contributed by atoms with Crippen molar-refractivity contribution in [3.05, 3.63) is 70.4 Å². The van der Waals surface area contributed by atoms with E-state index in [4.69, 9.17) is 0 Å². The smallest absolute Gasteiger partial charge is 0.268 e. The lowest BCUT2D eigenvalue weighted by Gasteiger charge is -2.15. The van der Waals surface area contributed by atoms with Crippen LogP contribution in [0.2, 0.25) is 0 Å². The molecule has 0 bridgehead atoms. The molecule has 1 aromatic heterocycles. The first-order valence-corrected chi connectivity index (χ1v) is 10.1. The standard InChI is InChI=1S/C24H27N3O2/c1-16-6-7-17(2)23-20(16)13-21(26(23)3)24(29)25-14-18-8-10-19(11-9-18)15-27-12-4-5-22(27)28/h6-11,13H,4-5,12,14-15H2,1-3H3,(H,25,29). The van der Waals surface area contributed by atoms with Gasteiger partial charge in [0.05, 0.1) is 5.52 Å². The fourth-order valence-corrected chi connectivity index (χ4v) is 4.14. The summed E-state index contributed by atoms with van der Waals surface area (Å²) in [5.41, 5.74) is 6.28. The van der Waals surface area contributed by atoms with E-state index in [-0.39, 0.29) is 11.8 Å². The Labute approximate surface area is 171 Å². The van der Waals surface area contributed by atoms with Crippen molar-refractivity contribution < 1.29 is 9.59 Å². The van der Waals surface area contributed by atoms with Crippen molar-refractivity contribution in [3.8, 4) is 0 Å². The van der Waals surface area contributed by atoms with E-state index in [1.165, 1.54) is 11.1 Å². The molecule has 150 valence electrons. The molecular formula is C24H27N3O2. The molecule has 1 aliphatic heterocycles. The number of nitrogens with zero attached hydrogens (tertiary/aromatic N) is 2. The van der Waals surface area contributed by atoms with E-state index in [9.17, 15) is 9.59 Å². The second-order valence-corrected chi connectivity index (χ2v) is 7.97. The van der Waals surface area contributed by atoms with Crippen molar-refractivity contribution in [3.63, 3.8) is 0 Å². The SMILES string of the molecule is Cc1ccc(C)c2c1cc(C(=O)NCc1ccc(CN3CCCC3=O)cc1)n2C. The van der Waals surface area contributed by atoms with Gasteiger partial charge in [-0.05, 0) is 48.6 Å². The maximum Gasteiger partial charge on any atom is 0.268 e. The number of nitrogens with one attached hydrogen (secondary N) is 1. The lowest BCUT2D eigenvalue weighted by atomic mass is 10.1. The van der Waals surface area contributed by atoms with Crippen molar-refractivity contribution in [2.45, 2.75) is 39.8 Å². The fourth-order valence-electron chi connectivity index (χ4n) is 4.14. The molecule has 4 rings (SSSR count). The van der Waals surface area contributed by atoms with E-state index in [1.54, 1.807) is 0 Å². The number of amides is 2. The van der Waals surface area contributed by atoms with Gasteiger partial charge >= 0.3 is 0 Å². The molecule has 0 saturated carbocycles. The summed E-state index contributed by atoms with van der Waals surface area (Å²) in [5, 5.41) is 4.15. The Balaban J connectivity index is 1.43. The van der Waals surface area contributed by atoms with Crippen LogP contribution in [0, 0.1) is 13.8 Å². The zero-order valence-electron chi connectivity index (χ0n) is 17.3. The molecule has 5 heteroatoms. The highest BCUT2D eigenvalue weighted by Crippen LogP contribution is 2.25. The first-order valence-electron chi connectivity index (χ1n) is 10.1. The molecule has 1 aliphatic rings. The minimum Gasteiger partial charge on any atom is -0.347 e. The molecule has 5 nitrogen and oxygen atoms in total. The van der Waals surface area contributed by atoms with Crippen molar-refractivity contribution in [2.24, 2.45) is 7.05 Å². The number of fused-ring (bicyclic) bond motifs is 1. The molecular weight excluding hydrogens is 362 g/mol. The fraction of sp³-hybridized carbons (Fsp3) is 0.333. The third kappa shape index (κ3) is 3.77. The van der Waals surface area contributed by atoms with Gasteiger partial charge in [0.15, 0.2) is 0 Å². The lowest BCUT2D eigenvalue weighted by Crippen LogP contribution is -2.25. The topological polar surface area (TPSA) is 54.3 Å². The minimum absolute atomic E-state index is 0.0748. The van der Waals surface area contributed by atoms with Crippen LogP contribution in [0.25, 0.3) is 10.9 Å². The van der Waals surface area contributed by atoms with Gasteiger partial charge in [-0.15, -0.1) is 0 Å². The molecule has 1 N–H and O–H groups in total. The number of rotatable bonds is 5. The zero-order chi connectivity index (χ0) is 20.5. The molecule has 0 spiro atoms. The Morgan fingerprint density at radius 1 is 1.03 bits per heavy atom. The maximum atomic E-state index is 12.8. The van der Waals surface area contributed by atoms with Crippen LogP contribution >= 0.6 is 0 Å². The summed E-state index contributed by atoms with van der Waals surface area (Å²) in [4.78, 5) is 26.5. The number of aromatic nitrogens is 1. The van der Waals surface area contributed by atoms with Crippen LogP contribution in [-0.4, -0.2) is 27.8 Å². The van der Waals surface area contributed by atoms with Gasteiger partial charge < -0.3 is 14.8 Å². The molecule has 0 atom stereocenters. The lowest BCUT2D eigenvalue weighted by molar-refractivity contribution is -0.128. The van der Waals surface area contributed by atoms with E-state index >= 15 is 0 Å². The van der Waals surface area contributed by atoms with Crippen molar-refractivity contribution in [2.75, 3.05) is 6.54 Å². The Bertz CT molecular complexity index is 1080. The summed E-state index contributed by atoms with van der Waals surface area (Å²) in [5.74, 6) is 0.163. The van der Waals surface area contributed by atoms with Gasteiger partial charge in [-0.25, -0.2) is 0 Å². The normalized spacial score (nSPS) is 14.0. The number of carbonyl (C=O) groups is 2. The van der Waals surface area contributed by atoms with E-state index in [0.717, 1.165) is 35.0 Å². The van der Waals surface area contributed by atoms with Gasteiger partial charge in [0.25, 0.3) is 5.91 Å². The van der Waals surface area contributed by atoms with E-state index in [0.29, 0.717) is 25.2 Å². The predicted octanol–water partition coefficient (Wildman–Crippen LogP) is 3.85. The van der Waals surface area contributed by atoms with Gasteiger partial charge in [-0.2, -0.15) is 0 Å². The summed E-state index contributed by atoms with van der Waals surface area (Å²) < 4.78 is 1.98. The van der Waals surface area contributed by atoms with Gasteiger partial charge in [-0.3, -0.25) is 9.59 Å². The highest BCUT2D eigenvalue weighted by molar-refractivity contribution is 6.00. The van der Waals surface area contributed by atoms with E-state index in [1.807, 2.05) is 46.8 Å². The number of hydrogen-bond acceptors (Lipinski definition) is 2. The predicted molar refractivity (Wildman–Crippen MR) is 115 cm³/mol. The van der Waals surface area contributed by atoms with Crippen LogP contribution < -0.4 is 5.32 Å². The second kappa shape index (κ2) is 7.74. The Morgan fingerprint density at radius 3 is 2.38 bits per heavy atom. The number of carbonyl (C=O) groups excluding carboxylic acids is 2. The highest BCUT2D eigenvalue weighted by atomic mass is 16.2. The van der Waals surface area contributed by atoms with Gasteiger partial charge in [0.1, 0.15) is 5.69 Å². The Hall–Kier alpha value is -3.08. The molecule has 2 heterocycles. The number of benzene rings is 2.